The van der Waals surface area contributed by atoms with Crippen molar-refractivity contribution in [1.82, 2.24) is 0 Å². The molecular weight excluding hydrogens is 313 g/mol. The monoisotopic (exact) mass is 318 g/mol. The Hall–Kier alpha value is -1.90. The summed E-state index contributed by atoms with van der Waals surface area (Å²) < 4.78 is 38.5. The molecular formula is C11H6ClF3N4S. The van der Waals surface area contributed by atoms with Gasteiger partial charge in [-0.25, -0.2) is 0 Å². The Bertz CT molecular complexity index is 628. The zero-order chi connectivity index (χ0) is 15.3. The van der Waals surface area contributed by atoms with Crippen LogP contribution in [-0.2, 0) is 6.18 Å². The third-order valence-corrected chi connectivity index (χ3v) is 2.98. The van der Waals surface area contributed by atoms with Crippen molar-refractivity contribution in [2.24, 2.45) is 4.99 Å². The number of thioether (sulfide) groups is 1. The van der Waals surface area contributed by atoms with E-state index in [1.165, 1.54) is 18.3 Å². The summed E-state index contributed by atoms with van der Waals surface area (Å²) >= 11 is 6.72. The minimum atomic E-state index is -4.71. The third-order valence-electron chi connectivity index (χ3n) is 2.10. The number of nitrogens with zero attached hydrogens (tertiary/aromatic N) is 3. The highest BCUT2D eigenvalue weighted by Gasteiger charge is 2.35. The molecule has 0 heterocycles. The molecule has 0 saturated heterocycles. The first-order chi connectivity index (χ1) is 9.33. The number of nitriles is 2. The fourth-order valence-electron chi connectivity index (χ4n) is 1.31. The number of aliphatic imine (C=N–C) groups is 1. The molecule has 4 nitrogen and oxygen atoms in total. The molecule has 0 aliphatic carbocycles. The number of hydrogen-bond donors (Lipinski definition) is 1. The topological polar surface area (TPSA) is 72.0 Å². The molecule has 9 heteroatoms. The number of alkyl halides is 3. The van der Waals surface area contributed by atoms with Crippen LogP contribution in [0.2, 0.25) is 5.02 Å². The molecule has 1 aromatic carbocycles. The third kappa shape index (κ3) is 3.80. The van der Waals surface area contributed by atoms with E-state index in [0.29, 0.717) is 0 Å². The minimum absolute atomic E-state index is 0.00956. The average molecular weight is 319 g/mol. The van der Waals surface area contributed by atoms with Gasteiger partial charge in [-0.05, 0) is 18.4 Å². The van der Waals surface area contributed by atoms with E-state index in [0.717, 1.165) is 17.8 Å². The van der Waals surface area contributed by atoms with Crippen molar-refractivity contribution in [3.8, 4) is 12.3 Å². The second kappa shape index (κ2) is 6.51. The average Bonchev–Trinajstić information content (AvgIpc) is 2.36. The fraction of sp³-hybridized carbons (Fsp3) is 0.182. The van der Waals surface area contributed by atoms with Crippen molar-refractivity contribution in [3.63, 3.8) is 0 Å². The van der Waals surface area contributed by atoms with E-state index >= 15 is 0 Å². The van der Waals surface area contributed by atoms with Crippen LogP contribution in [0.25, 0.3) is 0 Å². The van der Waals surface area contributed by atoms with E-state index in [1.54, 1.807) is 6.26 Å². The van der Waals surface area contributed by atoms with Gasteiger partial charge in [-0.2, -0.15) is 23.7 Å². The Labute approximate surface area is 121 Å². The molecule has 0 aliphatic heterocycles. The predicted molar refractivity (Wildman–Crippen MR) is 71.4 cm³/mol. The van der Waals surface area contributed by atoms with Crippen molar-refractivity contribution < 1.29 is 13.2 Å². The number of amidine groups is 1. The summed E-state index contributed by atoms with van der Waals surface area (Å²) in [5, 5.41) is 19.5. The first-order valence-electron chi connectivity index (χ1n) is 4.92. The quantitative estimate of drug-likeness (QED) is 0.485. The smallest absolute Gasteiger partial charge is 0.334 e. The molecule has 1 rings (SSSR count). The summed E-state index contributed by atoms with van der Waals surface area (Å²) in [5.41, 5.74) is -1.80. The highest BCUT2D eigenvalue weighted by molar-refractivity contribution is 8.13. The molecule has 0 bridgehead atoms. The molecule has 0 saturated carbocycles. The zero-order valence-electron chi connectivity index (χ0n) is 9.92. The first kappa shape index (κ1) is 16.2. The van der Waals surface area contributed by atoms with E-state index in [9.17, 15) is 13.2 Å². The van der Waals surface area contributed by atoms with Gasteiger partial charge in [0.1, 0.15) is 6.07 Å². The maximum absolute atomic E-state index is 12.8. The van der Waals surface area contributed by atoms with Gasteiger partial charge in [0.15, 0.2) is 5.17 Å². The zero-order valence-corrected chi connectivity index (χ0v) is 11.5. The Morgan fingerprint density at radius 1 is 1.40 bits per heavy atom. The van der Waals surface area contributed by atoms with Crippen LogP contribution >= 0.6 is 23.4 Å². The van der Waals surface area contributed by atoms with Crippen LogP contribution in [0.3, 0.4) is 0 Å². The molecule has 0 aromatic heterocycles. The lowest BCUT2D eigenvalue weighted by molar-refractivity contribution is -0.137. The van der Waals surface area contributed by atoms with Crippen molar-refractivity contribution in [2.45, 2.75) is 6.18 Å². The van der Waals surface area contributed by atoms with Crippen molar-refractivity contribution in [1.29, 1.82) is 10.5 Å². The number of rotatable bonds is 1. The van der Waals surface area contributed by atoms with Crippen LogP contribution in [0, 0.1) is 22.8 Å². The number of halogens is 4. The number of benzene rings is 1. The second-order valence-electron chi connectivity index (χ2n) is 3.34. The summed E-state index contributed by atoms with van der Waals surface area (Å²) in [4.78, 5) is 3.39. The fourth-order valence-corrected chi connectivity index (χ4v) is 1.92. The number of anilines is 1. The lowest BCUT2D eigenvalue weighted by atomic mass is 10.1. The Kier molecular flexibility index (Phi) is 5.26. The lowest BCUT2D eigenvalue weighted by Crippen LogP contribution is -2.12. The van der Waals surface area contributed by atoms with Crippen LogP contribution < -0.4 is 5.32 Å². The highest BCUT2D eigenvalue weighted by Crippen LogP contribution is 2.37. The van der Waals surface area contributed by atoms with E-state index in [2.05, 4.69) is 10.3 Å². The normalized spacial score (nSPS) is 11.7. The second-order valence-corrected chi connectivity index (χ2v) is 4.54. The summed E-state index contributed by atoms with van der Waals surface area (Å²) in [7, 11) is 0. The van der Waals surface area contributed by atoms with Crippen LogP contribution in [0.15, 0.2) is 17.1 Å². The molecule has 1 N–H and O–H groups in total. The summed E-state index contributed by atoms with van der Waals surface area (Å²) in [5.74, 6) is 0. The van der Waals surface area contributed by atoms with Crippen LogP contribution in [-0.4, -0.2) is 11.4 Å². The van der Waals surface area contributed by atoms with Crippen LogP contribution in [0.4, 0.5) is 18.9 Å². The highest BCUT2D eigenvalue weighted by atomic mass is 35.5. The van der Waals surface area contributed by atoms with Gasteiger partial charge in [-0.1, -0.05) is 23.4 Å². The molecule has 1 aromatic rings. The van der Waals surface area contributed by atoms with Crippen molar-refractivity contribution >= 4 is 34.2 Å². The molecule has 104 valence electrons. The Morgan fingerprint density at radius 2 is 2.05 bits per heavy atom. The first-order valence-corrected chi connectivity index (χ1v) is 6.52. The maximum Gasteiger partial charge on any atom is 0.417 e. The van der Waals surface area contributed by atoms with Gasteiger partial charge < -0.3 is 5.32 Å². The summed E-state index contributed by atoms with van der Waals surface area (Å²) in [6.07, 6.45) is -1.60. The Morgan fingerprint density at radius 3 is 2.50 bits per heavy atom. The molecule has 0 atom stereocenters. The van der Waals surface area contributed by atoms with E-state index in [4.69, 9.17) is 22.1 Å². The molecule has 0 amide bonds. The molecule has 0 radical (unpaired) electrons. The molecule has 0 aliphatic rings. The molecule has 20 heavy (non-hydrogen) atoms. The minimum Gasteiger partial charge on any atom is -0.334 e. The standard InChI is InChI=1S/C11H6ClF3N4S/c1-20-10(18-5-17)19-6-2-8(11(13,14)15)7(4-16)9(12)3-6/h2-3H,1H3,(H,18,19). The van der Waals surface area contributed by atoms with Gasteiger partial charge in [0.2, 0.25) is 6.19 Å². The predicted octanol–water partition coefficient (Wildman–Crippen LogP) is 3.84. The molecule has 0 unspecified atom stereocenters. The van der Waals surface area contributed by atoms with E-state index in [1.807, 2.05) is 0 Å². The number of nitrogens with one attached hydrogen (secondary N) is 1. The van der Waals surface area contributed by atoms with Gasteiger partial charge in [0.05, 0.1) is 16.1 Å². The van der Waals surface area contributed by atoms with Gasteiger partial charge in [0.25, 0.3) is 0 Å². The summed E-state index contributed by atoms with van der Waals surface area (Å²) in [6, 6.07) is 3.33. The van der Waals surface area contributed by atoms with Crippen LogP contribution in [0.1, 0.15) is 11.1 Å². The Balaban J connectivity index is 3.33. The van der Waals surface area contributed by atoms with E-state index < -0.39 is 17.3 Å². The maximum atomic E-state index is 12.8. The van der Waals surface area contributed by atoms with Gasteiger partial charge in [-0.3, -0.25) is 0 Å². The van der Waals surface area contributed by atoms with Crippen molar-refractivity contribution in [3.05, 3.63) is 28.3 Å². The molecule has 0 spiro atoms. The van der Waals surface area contributed by atoms with Crippen LogP contribution in [0.5, 0.6) is 0 Å². The largest absolute Gasteiger partial charge is 0.417 e. The van der Waals surface area contributed by atoms with Gasteiger partial charge in [-0.15, -0.1) is 4.99 Å². The number of hydrogen-bond acceptors (Lipinski definition) is 4. The van der Waals surface area contributed by atoms with Crippen molar-refractivity contribution in [2.75, 3.05) is 11.6 Å². The van der Waals surface area contributed by atoms with E-state index in [-0.39, 0.29) is 15.9 Å². The molecule has 0 fully saturated rings. The van der Waals surface area contributed by atoms with Gasteiger partial charge >= 0.3 is 6.18 Å². The van der Waals surface area contributed by atoms with Gasteiger partial charge in [0, 0.05) is 5.69 Å². The lowest BCUT2D eigenvalue weighted by Gasteiger charge is -2.13. The summed E-state index contributed by atoms with van der Waals surface area (Å²) in [6.45, 7) is 0. The SMILES string of the molecule is CS/C(=N\C#N)Nc1cc(Cl)c(C#N)c(C(F)(F)F)c1.